The second-order valence-corrected chi connectivity index (χ2v) is 9.12. The summed E-state index contributed by atoms with van der Waals surface area (Å²) in [6, 6.07) is 0. The highest BCUT2D eigenvalue weighted by atomic mass is 16.4. The highest BCUT2D eigenvalue weighted by Crippen LogP contribution is 2.48. The van der Waals surface area contributed by atoms with Crippen LogP contribution in [0, 0.1) is 29.6 Å². The summed E-state index contributed by atoms with van der Waals surface area (Å²) in [6.45, 7) is 11.1. The van der Waals surface area contributed by atoms with Crippen LogP contribution in [-0.2, 0) is 0 Å². The van der Waals surface area contributed by atoms with Crippen molar-refractivity contribution in [3.63, 3.8) is 0 Å². The van der Waals surface area contributed by atoms with Crippen LogP contribution in [0.25, 0.3) is 0 Å². The number of aliphatic hydroxyl groups is 2. The molecule has 2 nitrogen and oxygen atoms in total. The topological polar surface area (TPSA) is 40.5 Å². The van der Waals surface area contributed by atoms with Crippen molar-refractivity contribution in [3.8, 4) is 0 Å². The van der Waals surface area contributed by atoms with E-state index in [4.69, 9.17) is 0 Å². The lowest BCUT2D eigenvalue weighted by atomic mass is 9.61. The maximum Gasteiger partial charge on any atom is 0.0933 e. The Balaban J connectivity index is 1.98. The van der Waals surface area contributed by atoms with E-state index in [1.165, 1.54) is 12.8 Å². The van der Waals surface area contributed by atoms with Crippen molar-refractivity contribution in [1.82, 2.24) is 0 Å². The molecule has 2 fully saturated rings. The number of hydrogen-bond donors (Lipinski definition) is 2. The lowest BCUT2D eigenvalue weighted by molar-refractivity contribution is -0.197. The Labute approximate surface area is 137 Å². The van der Waals surface area contributed by atoms with Crippen LogP contribution in [0.2, 0.25) is 0 Å². The maximum atomic E-state index is 11.2. The first-order chi connectivity index (χ1) is 10.2. The third-order valence-electron chi connectivity index (χ3n) is 7.25. The summed E-state index contributed by atoms with van der Waals surface area (Å²) in [7, 11) is 0. The van der Waals surface area contributed by atoms with Crippen LogP contribution in [0.15, 0.2) is 0 Å². The van der Waals surface area contributed by atoms with Crippen molar-refractivity contribution >= 4 is 0 Å². The molecule has 2 rings (SSSR count). The molecule has 2 saturated carbocycles. The van der Waals surface area contributed by atoms with Crippen molar-refractivity contribution in [2.45, 2.75) is 97.2 Å². The smallest absolute Gasteiger partial charge is 0.0933 e. The molecule has 22 heavy (non-hydrogen) atoms. The zero-order valence-corrected chi connectivity index (χ0v) is 15.4. The molecule has 2 aliphatic rings. The molecular weight excluding hydrogens is 272 g/mol. The molecule has 0 heterocycles. The standard InChI is InChI=1S/C20H38O2/c1-14(2)16-6-8-18(9-7-16)19(5,21)20(22)12-10-17(11-13-20)15(3)4/h14-18,21-22H,6-13H2,1-5H3. The molecule has 0 aliphatic heterocycles. The van der Waals surface area contributed by atoms with Gasteiger partial charge in [0.05, 0.1) is 11.2 Å². The Morgan fingerprint density at radius 2 is 1.23 bits per heavy atom. The molecule has 1 unspecified atom stereocenters. The Hall–Kier alpha value is -0.0800. The van der Waals surface area contributed by atoms with E-state index in [0.717, 1.165) is 50.4 Å². The van der Waals surface area contributed by atoms with Gasteiger partial charge in [-0.25, -0.2) is 0 Å². The highest BCUT2D eigenvalue weighted by Gasteiger charge is 2.52. The van der Waals surface area contributed by atoms with Crippen molar-refractivity contribution in [1.29, 1.82) is 0 Å². The summed E-state index contributed by atoms with van der Waals surface area (Å²) in [6.07, 6.45) is 8.24. The fourth-order valence-electron chi connectivity index (χ4n) is 5.02. The summed E-state index contributed by atoms with van der Waals surface area (Å²) in [4.78, 5) is 0. The normalized spacial score (nSPS) is 40.0. The molecule has 2 heteroatoms. The Morgan fingerprint density at radius 1 is 0.818 bits per heavy atom. The molecule has 0 aromatic heterocycles. The minimum absolute atomic E-state index is 0.267. The second kappa shape index (κ2) is 6.81. The Bertz CT molecular complexity index is 343. The van der Waals surface area contributed by atoms with E-state index in [-0.39, 0.29) is 5.92 Å². The van der Waals surface area contributed by atoms with Gasteiger partial charge in [0.1, 0.15) is 0 Å². The first-order valence-electron chi connectivity index (χ1n) is 9.62. The fourth-order valence-corrected chi connectivity index (χ4v) is 5.02. The molecule has 130 valence electrons. The van der Waals surface area contributed by atoms with Crippen molar-refractivity contribution < 1.29 is 10.2 Å². The van der Waals surface area contributed by atoms with E-state index in [1.807, 2.05) is 6.92 Å². The van der Waals surface area contributed by atoms with Crippen molar-refractivity contribution in [2.75, 3.05) is 0 Å². The van der Waals surface area contributed by atoms with E-state index in [9.17, 15) is 10.2 Å². The molecule has 0 spiro atoms. The maximum absolute atomic E-state index is 11.2. The minimum Gasteiger partial charge on any atom is -0.387 e. The van der Waals surface area contributed by atoms with Gasteiger partial charge in [-0.2, -0.15) is 0 Å². The molecule has 2 aliphatic carbocycles. The third-order valence-corrected chi connectivity index (χ3v) is 7.25. The van der Waals surface area contributed by atoms with Crippen molar-refractivity contribution in [2.24, 2.45) is 29.6 Å². The summed E-state index contributed by atoms with van der Waals surface area (Å²) in [5, 5.41) is 22.4. The first-order valence-corrected chi connectivity index (χ1v) is 9.62. The average molecular weight is 311 g/mol. The van der Waals surface area contributed by atoms with Gasteiger partial charge in [0, 0.05) is 0 Å². The van der Waals surface area contributed by atoms with Crippen LogP contribution in [-0.4, -0.2) is 21.4 Å². The van der Waals surface area contributed by atoms with E-state index < -0.39 is 11.2 Å². The molecule has 0 aromatic carbocycles. The Morgan fingerprint density at radius 3 is 1.64 bits per heavy atom. The molecule has 0 aromatic rings. The molecule has 0 radical (unpaired) electrons. The van der Waals surface area contributed by atoms with Gasteiger partial charge in [0.25, 0.3) is 0 Å². The quantitative estimate of drug-likeness (QED) is 0.784. The molecule has 1 atom stereocenters. The predicted molar refractivity (Wildman–Crippen MR) is 92.7 cm³/mol. The van der Waals surface area contributed by atoms with Crippen LogP contribution < -0.4 is 0 Å². The van der Waals surface area contributed by atoms with Gasteiger partial charge in [0.15, 0.2) is 0 Å². The van der Waals surface area contributed by atoms with E-state index in [2.05, 4.69) is 27.7 Å². The lowest BCUT2D eigenvalue weighted by Gasteiger charge is -2.51. The third kappa shape index (κ3) is 3.53. The van der Waals surface area contributed by atoms with Gasteiger partial charge in [-0.1, -0.05) is 27.7 Å². The van der Waals surface area contributed by atoms with Gasteiger partial charge in [-0.3, -0.25) is 0 Å². The van der Waals surface area contributed by atoms with Gasteiger partial charge in [-0.05, 0) is 87.9 Å². The molecular formula is C20H38O2. The summed E-state index contributed by atoms with van der Waals surface area (Å²) in [5.74, 6) is 3.22. The first kappa shape index (κ1) is 18.3. The SMILES string of the molecule is CC(C)C1CCC(C(C)(O)C2(O)CCC(C(C)C)CC2)CC1. The van der Waals surface area contributed by atoms with Gasteiger partial charge >= 0.3 is 0 Å². The molecule has 2 N–H and O–H groups in total. The number of hydrogen-bond acceptors (Lipinski definition) is 2. The van der Waals surface area contributed by atoms with Crippen LogP contribution >= 0.6 is 0 Å². The largest absolute Gasteiger partial charge is 0.387 e. The van der Waals surface area contributed by atoms with Crippen molar-refractivity contribution in [3.05, 3.63) is 0 Å². The number of rotatable bonds is 4. The fraction of sp³-hybridized carbons (Fsp3) is 1.00. The zero-order chi connectivity index (χ0) is 16.5. The highest BCUT2D eigenvalue weighted by molar-refractivity contribution is 5.04. The van der Waals surface area contributed by atoms with E-state index in [1.54, 1.807) is 0 Å². The predicted octanol–water partition coefficient (Wildman–Crippen LogP) is 4.78. The molecule has 0 bridgehead atoms. The van der Waals surface area contributed by atoms with Crippen LogP contribution in [0.4, 0.5) is 0 Å². The Kier molecular flexibility index (Phi) is 5.65. The monoisotopic (exact) mass is 310 g/mol. The molecule has 0 amide bonds. The summed E-state index contributed by atoms with van der Waals surface area (Å²) < 4.78 is 0. The lowest BCUT2D eigenvalue weighted by Crippen LogP contribution is -2.59. The second-order valence-electron chi connectivity index (χ2n) is 9.12. The van der Waals surface area contributed by atoms with Gasteiger partial charge < -0.3 is 10.2 Å². The summed E-state index contributed by atoms with van der Waals surface area (Å²) >= 11 is 0. The summed E-state index contributed by atoms with van der Waals surface area (Å²) in [5.41, 5.74) is -1.79. The van der Waals surface area contributed by atoms with E-state index >= 15 is 0 Å². The minimum atomic E-state index is -0.920. The van der Waals surface area contributed by atoms with Crippen LogP contribution in [0.3, 0.4) is 0 Å². The zero-order valence-electron chi connectivity index (χ0n) is 15.4. The average Bonchev–Trinajstić information content (AvgIpc) is 2.47. The molecule has 0 saturated heterocycles. The van der Waals surface area contributed by atoms with Gasteiger partial charge in [-0.15, -0.1) is 0 Å². The van der Waals surface area contributed by atoms with Crippen LogP contribution in [0.5, 0.6) is 0 Å². The van der Waals surface area contributed by atoms with Gasteiger partial charge in [0.2, 0.25) is 0 Å². The van der Waals surface area contributed by atoms with E-state index in [0.29, 0.717) is 11.8 Å². The van der Waals surface area contributed by atoms with Crippen LogP contribution in [0.1, 0.15) is 86.0 Å².